The lowest BCUT2D eigenvalue weighted by Crippen LogP contribution is -2.54. The van der Waals surface area contributed by atoms with Gasteiger partial charge in [0.2, 0.25) is 5.91 Å². The average Bonchev–Trinajstić information content (AvgIpc) is 3.40. The van der Waals surface area contributed by atoms with Gasteiger partial charge in [-0.3, -0.25) is 4.79 Å². The van der Waals surface area contributed by atoms with Crippen LogP contribution in [-0.4, -0.2) is 57.1 Å². The Morgan fingerprint density at radius 2 is 2.12 bits per heavy atom. The first kappa shape index (κ1) is 16.5. The highest BCUT2D eigenvalue weighted by molar-refractivity contribution is 5.81. The van der Waals surface area contributed by atoms with E-state index < -0.39 is 18.2 Å². The van der Waals surface area contributed by atoms with Gasteiger partial charge in [0.05, 0.1) is 23.7 Å². The smallest absolute Gasteiger partial charge is 0.240 e. The largest absolute Gasteiger partial charge is 0.394 e. The van der Waals surface area contributed by atoms with E-state index in [1.807, 2.05) is 28.8 Å². The second-order valence-electron chi connectivity index (χ2n) is 6.86. The van der Waals surface area contributed by atoms with Crippen LogP contribution in [0, 0.1) is 0 Å². The van der Waals surface area contributed by atoms with E-state index in [1.54, 1.807) is 0 Å². The molecule has 7 nitrogen and oxygen atoms in total. The van der Waals surface area contributed by atoms with E-state index in [1.165, 1.54) is 0 Å². The van der Waals surface area contributed by atoms with E-state index in [0.717, 1.165) is 29.7 Å². The van der Waals surface area contributed by atoms with Crippen molar-refractivity contribution in [3.63, 3.8) is 0 Å². The Morgan fingerprint density at radius 3 is 2.88 bits per heavy atom. The summed E-state index contributed by atoms with van der Waals surface area (Å²) in [6.07, 6.45) is 1.22. The molecule has 2 aromatic rings. The molecule has 3 atom stereocenters. The van der Waals surface area contributed by atoms with Gasteiger partial charge in [-0.1, -0.05) is 12.1 Å². The molecule has 1 aliphatic heterocycles. The second-order valence-corrected chi connectivity index (χ2v) is 6.86. The molecule has 25 heavy (non-hydrogen) atoms. The monoisotopic (exact) mass is 345 g/mol. The number of carbonyl (C=O) groups is 1. The quantitative estimate of drug-likeness (QED) is 0.735. The molecule has 0 spiro atoms. The van der Waals surface area contributed by atoms with Gasteiger partial charge < -0.3 is 24.8 Å². The van der Waals surface area contributed by atoms with Gasteiger partial charge >= 0.3 is 0 Å². The predicted octanol–water partition coefficient (Wildman–Crippen LogP) is 0.541. The maximum atomic E-state index is 12.6. The van der Waals surface area contributed by atoms with Crippen LogP contribution in [0.1, 0.15) is 31.0 Å². The maximum absolute atomic E-state index is 12.6. The Labute approximate surface area is 145 Å². The third kappa shape index (κ3) is 3.27. The molecule has 1 aliphatic carbocycles. The van der Waals surface area contributed by atoms with E-state index in [4.69, 9.17) is 9.72 Å². The lowest BCUT2D eigenvalue weighted by Gasteiger charge is -2.34. The van der Waals surface area contributed by atoms with Crippen molar-refractivity contribution in [2.45, 2.75) is 50.0 Å². The molecule has 1 saturated heterocycles. The molecular formula is C18H23N3O4. The SMILES string of the molecule is O=C(Cn1c(C2CC2)nc2ccccc21)N[C@H]1CCO[C@H](CO)[C@H]1O. The Balaban J connectivity index is 1.51. The van der Waals surface area contributed by atoms with E-state index in [0.29, 0.717) is 18.9 Å². The molecule has 2 fully saturated rings. The molecule has 2 heterocycles. The van der Waals surface area contributed by atoms with Crippen LogP contribution < -0.4 is 5.32 Å². The molecule has 7 heteroatoms. The summed E-state index contributed by atoms with van der Waals surface area (Å²) in [5.41, 5.74) is 1.86. The van der Waals surface area contributed by atoms with E-state index in [9.17, 15) is 15.0 Å². The zero-order valence-electron chi connectivity index (χ0n) is 14.0. The standard InChI is InChI=1S/C18H23N3O4/c22-10-15-17(24)13(7-8-25-15)19-16(23)9-21-14-4-2-1-3-12(14)20-18(21)11-5-6-11/h1-4,11,13,15,17,22,24H,5-10H2,(H,19,23)/t13-,15+,17-/m0/s1. The number of aliphatic hydroxyl groups excluding tert-OH is 2. The van der Waals surface area contributed by atoms with Crippen LogP contribution >= 0.6 is 0 Å². The summed E-state index contributed by atoms with van der Waals surface area (Å²) in [6, 6.07) is 7.43. The molecule has 134 valence electrons. The van der Waals surface area contributed by atoms with Gasteiger partial charge in [-0.15, -0.1) is 0 Å². The fraction of sp³-hybridized carbons (Fsp3) is 0.556. The number of hydrogen-bond acceptors (Lipinski definition) is 5. The highest BCUT2D eigenvalue weighted by Crippen LogP contribution is 2.40. The van der Waals surface area contributed by atoms with Crippen molar-refractivity contribution < 1.29 is 19.7 Å². The summed E-state index contributed by atoms with van der Waals surface area (Å²) in [4.78, 5) is 17.3. The van der Waals surface area contributed by atoms with Gasteiger partial charge in [0.25, 0.3) is 0 Å². The summed E-state index contributed by atoms with van der Waals surface area (Å²) < 4.78 is 7.29. The minimum atomic E-state index is -0.898. The van der Waals surface area contributed by atoms with Crippen LogP contribution in [0.5, 0.6) is 0 Å². The molecular weight excluding hydrogens is 322 g/mol. The minimum Gasteiger partial charge on any atom is -0.394 e. The zero-order chi connectivity index (χ0) is 17.4. The van der Waals surface area contributed by atoms with Crippen molar-refractivity contribution in [1.29, 1.82) is 0 Å². The third-order valence-electron chi connectivity index (χ3n) is 5.01. The summed E-state index contributed by atoms with van der Waals surface area (Å²) in [7, 11) is 0. The Morgan fingerprint density at radius 1 is 1.32 bits per heavy atom. The molecule has 1 amide bonds. The van der Waals surface area contributed by atoms with Crippen LogP contribution in [-0.2, 0) is 16.1 Å². The van der Waals surface area contributed by atoms with Crippen LogP contribution in [0.2, 0.25) is 0 Å². The summed E-state index contributed by atoms with van der Waals surface area (Å²) in [6.45, 7) is 0.334. The molecule has 3 N–H and O–H groups in total. The average molecular weight is 345 g/mol. The number of carbonyl (C=O) groups excluding carboxylic acids is 1. The van der Waals surface area contributed by atoms with E-state index in [-0.39, 0.29) is 19.1 Å². The van der Waals surface area contributed by atoms with Gasteiger partial charge in [-0.05, 0) is 31.4 Å². The number of hydrogen-bond donors (Lipinski definition) is 3. The summed E-state index contributed by atoms with van der Waals surface area (Å²) in [5, 5.41) is 22.3. The number of nitrogens with zero attached hydrogens (tertiary/aromatic N) is 2. The van der Waals surface area contributed by atoms with Crippen molar-refractivity contribution in [3.05, 3.63) is 30.1 Å². The third-order valence-corrected chi connectivity index (χ3v) is 5.01. The number of rotatable bonds is 5. The van der Waals surface area contributed by atoms with Gasteiger partial charge in [0.1, 0.15) is 24.6 Å². The fourth-order valence-corrected chi connectivity index (χ4v) is 3.50. The number of para-hydroxylation sites is 2. The molecule has 2 aliphatic rings. The zero-order valence-corrected chi connectivity index (χ0v) is 14.0. The van der Waals surface area contributed by atoms with Crippen molar-refractivity contribution in [2.75, 3.05) is 13.2 Å². The van der Waals surface area contributed by atoms with Crippen LogP contribution in [0.15, 0.2) is 24.3 Å². The molecule has 0 radical (unpaired) electrons. The minimum absolute atomic E-state index is 0.160. The van der Waals surface area contributed by atoms with Gasteiger partial charge in [-0.25, -0.2) is 4.98 Å². The van der Waals surface area contributed by atoms with Gasteiger partial charge in [-0.2, -0.15) is 0 Å². The molecule has 4 rings (SSSR count). The summed E-state index contributed by atoms with van der Waals surface area (Å²) in [5.74, 6) is 1.25. The second kappa shape index (κ2) is 6.74. The normalized spacial score (nSPS) is 26.7. The predicted molar refractivity (Wildman–Crippen MR) is 91.1 cm³/mol. The Hall–Kier alpha value is -1.96. The van der Waals surface area contributed by atoms with E-state index >= 15 is 0 Å². The number of amides is 1. The Bertz CT molecular complexity index is 771. The Kier molecular flexibility index (Phi) is 4.45. The van der Waals surface area contributed by atoms with Crippen LogP contribution in [0.25, 0.3) is 11.0 Å². The van der Waals surface area contributed by atoms with Crippen molar-refractivity contribution >= 4 is 16.9 Å². The van der Waals surface area contributed by atoms with Crippen LogP contribution in [0.4, 0.5) is 0 Å². The molecule has 1 saturated carbocycles. The molecule has 1 aromatic carbocycles. The lowest BCUT2D eigenvalue weighted by molar-refractivity contribution is -0.132. The topological polar surface area (TPSA) is 96.6 Å². The number of ether oxygens (including phenoxy) is 1. The number of imidazole rings is 1. The van der Waals surface area contributed by atoms with Crippen molar-refractivity contribution in [1.82, 2.24) is 14.9 Å². The maximum Gasteiger partial charge on any atom is 0.240 e. The highest BCUT2D eigenvalue weighted by Gasteiger charge is 2.34. The number of nitrogens with one attached hydrogen (secondary N) is 1. The summed E-state index contributed by atoms with van der Waals surface area (Å²) >= 11 is 0. The first-order valence-electron chi connectivity index (χ1n) is 8.82. The van der Waals surface area contributed by atoms with Gasteiger partial charge in [0.15, 0.2) is 0 Å². The van der Waals surface area contributed by atoms with Crippen molar-refractivity contribution in [3.8, 4) is 0 Å². The van der Waals surface area contributed by atoms with E-state index in [2.05, 4.69) is 5.32 Å². The van der Waals surface area contributed by atoms with Crippen molar-refractivity contribution in [2.24, 2.45) is 0 Å². The number of benzene rings is 1. The first-order valence-corrected chi connectivity index (χ1v) is 8.82. The molecule has 1 aromatic heterocycles. The number of aliphatic hydroxyl groups is 2. The van der Waals surface area contributed by atoms with Gasteiger partial charge in [0, 0.05) is 12.5 Å². The fourth-order valence-electron chi connectivity index (χ4n) is 3.50. The van der Waals surface area contributed by atoms with Crippen LogP contribution in [0.3, 0.4) is 0 Å². The molecule has 0 unspecified atom stereocenters. The molecule has 0 bridgehead atoms. The highest BCUT2D eigenvalue weighted by atomic mass is 16.5. The lowest BCUT2D eigenvalue weighted by atomic mass is 10.00. The first-order chi connectivity index (χ1) is 12.2. The number of fused-ring (bicyclic) bond motifs is 1. The number of aromatic nitrogens is 2.